The number of piperidine rings is 1. The molecule has 1 aromatic rings. The molecule has 2 fully saturated rings. The van der Waals surface area contributed by atoms with Gasteiger partial charge in [0, 0.05) is 12.1 Å². The summed E-state index contributed by atoms with van der Waals surface area (Å²) in [5.41, 5.74) is 7.45. The quantitative estimate of drug-likeness (QED) is 0.835. The highest BCUT2D eigenvalue weighted by Crippen LogP contribution is 2.35. The standard InChI is InChI=1S/C21H33N3O/c22-19(16-18-10-4-1-5-11-18)20(25)23-17-21(12-6-2-7-13-21)24-14-8-3-9-15-24/h1,4-5,10-11,19H,2-3,6-9,12-17,22H2,(H,23,25)/t19-/m0/s1. The van der Waals surface area contributed by atoms with Crippen molar-refractivity contribution in [3.05, 3.63) is 35.9 Å². The molecule has 25 heavy (non-hydrogen) atoms. The third kappa shape index (κ3) is 4.83. The maximum Gasteiger partial charge on any atom is 0.237 e. The molecule has 1 saturated carbocycles. The number of hydrogen-bond donors (Lipinski definition) is 2. The summed E-state index contributed by atoms with van der Waals surface area (Å²) in [4.78, 5) is 15.2. The molecular weight excluding hydrogens is 310 g/mol. The second kappa shape index (κ2) is 8.81. The van der Waals surface area contributed by atoms with Crippen LogP contribution in [0.25, 0.3) is 0 Å². The van der Waals surface area contributed by atoms with E-state index >= 15 is 0 Å². The molecular formula is C21H33N3O. The fourth-order valence-corrected chi connectivity index (χ4v) is 4.53. The molecule has 1 saturated heterocycles. The lowest BCUT2D eigenvalue weighted by Crippen LogP contribution is -2.59. The Morgan fingerprint density at radius 3 is 2.36 bits per heavy atom. The number of carbonyl (C=O) groups excluding carboxylic acids is 1. The summed E-state index contributed by atoms with van der Waals surface area (Å²) < 4.78 is 0. The van der Waals surface area contributed by atoms with Crippen molar-refractivity contribution in [1.82, 2.24) is 10.2 Å². The molecule has 4 nitrogen and oxygen atoms in total. The Bertz CT molecular complexity index is 533. The first-order chi connectivity index (χ1) is 12.2. The number of rotatable bonds is 6. The minimum Gasteiger partial charge on any atom is -0.353 e. The first-order valence-corrected chi connectivity index (χ1v) is 10.0. The Hall–Kier alpha value is -1.39. The third-order valence-electron chi connectivity index (χ3n) is 6.04. The fraction of sp³-hybridized carbons (Fsp3) is 0.667. The number of amides is 1. The molecule has 0 bridgehead atoms. The van der Waals surface area contributed by atoms with Crippen LogP contribution in [-0.2, 0) is 11.2 Å². The SMILES string of the molecule is N[C@@H](Cc1ccccc1)C(=O)NCC1(N2CCCCC2)CCCCC1. The van der Waals surface area contributed by atoms with E-state index in [4.69, 9.17) is 5.73 Å². The molecule has 0 spiro atoms. The monoisotopic (exact) mass is 343 g/mol. The lowest BCUT2D eigenvalue weighted by atomic mass is 9.79. The van der Waals surface area contributed by atoms with Gasteiger partial charge in [-0.15, -0.1) is 0 Å². The minimum atomic E-state index is -0.468. The zero-order valence-corrected chi connectivity index (χ0v) is 15.4. The summed E-state index contributed by atoms with van der Waals surface area (Å²) >= 11 is 0. The van der Waals surface area contributed by atoms with Crippen LogP contribution in [-0.4, -0.2) is 42.0 Å². The minimum absolute atomic E-state index is 0.00851. The summed E-state index contributed by atoms with van der Waals surface area (Å²) in [5, 5.41) is 3.20. The van der Waals surface area contributed by atoms with E-state index in [-0.39, 0.29) is 11.4 Å². The van der Waals surface area contributed by atoms with E-state index in [1.165, 1.54) is 64.5 Å². The number of likely N-dealkylation sites (tertiary alicyclic amines) is 1. The van der Waals surface area contributed by atoms with E-state index in [0.29, 0.717) is 6.42 Å². The smallest absolute Gasteiger partial charge is 0.237 e. The number of benzene rings is 1. The summed E-state index contributed by atoms with van der Waals surface area (Å²) in [6.07, 6.45) is 10.8. The topological polar surface area (TPSA) is 58.4 Å². The lowest BCUT2D eigenvalue weighted by Gasteiger charge is -2.48. The maximum atomic E-state index is 12.6. The van der Waals surface area contributed by atoms with E-state index in [2.05, 4.69) is 10.2 Å². The van der Waals surface area contributed by atoms with Gasteiger partial charge in [0.15, 0.2) is 0 Å². The van der Waals surface area contributed by atoms with Crippen molar-refractivity contribution in [2.45, 2.75) is 69.4 Å². The normalized spacial score (nSPS) is 22.3. The van der Waals surface area contributed by atoms with Crippen molar-refractivity contribution >= 4 is 5.91 Å². The Kier molecular flexibility index (Phi) is 6.49. The van der Waals surface area contributed by atoms with Crippen LogP contribution in [0.15, 0.2) is 30.3 Å². The van der Waals surface area contributed by atoms with E-state index in [1.54, 1.807) is 0 Å². The van der Waals surface area contributed by atoms with Gasteiger partial charge in [-0.25, -0.2) is 0 Å². The Balaban J connectivity index is 1.57. The van der Waals surface area contributed by atoms with Crippen LogP contribution in [0.2, 0.25) is 0 Å². The average molecular weight is 344 g/mol. The highest BCUT2D eigenvalue weighted by molar-refractivity contribution is 5.81. The first kappa shape index (κ1) is 18.4. The van der Waals surface area contributed by atoms with Gasteiger partial charge in [0.2, 0.25) is 5.91 Å². The van der Waals surface area contributed by atoms with Crippen LogP contribution >= 0.6 is 0 Å². The van der Waals surface area contributed by atoms with Crippen molar-refractivity contribution in [2.75, 3.05) is 19.6 Å². The lowest BCUT2D eigenvalue weighted by molar-refractivity contribution is -0.123. The number of nitrogens with two attached hydrogens (primary N) is 1. The largest absolute Gasteiger partial charge is 0.353 e. The van der Waals surface area contributed by atoms with E-state index < -0.39 is 6.04 Å². The molecule has 1 amide bonds. The van der Waals surface area contributed by atoms with Crippen LogP contribution in [0.5, 0.6) is 0 Å². The highest BCUT2D eigenvalue weighted by Gasteiger charge is 2.38. The van der Waals surface area contributed by atoms with Gasteiger partial charge in [-0.3, -0.25) is 9.69 Å². The maximum absolute atomic E-state index is 12.6. The molecule has 0 aromatic heterocycles. The van der Waals surface area contributed by atoms with Crippen molar-refractivity contribution in [3.8, 4) is 0 Å². The molecule has 1 aromatic carbocycles. The van der Waals surface area contributed by atoms with Crippen molar-refractivity contribution < 1.29 is 4.79 Å². The zero-order chi connectivity index (χ0) is 17.5. The molecule has 1 heterocycles. The number of nitrogens with zero attached hydrogens (tertiary/aromatic N) is 1. The number of nitrogens with one attached hydrogen (secondary N) is 1. The number of carbonyl (C=O) groups is 1. The van der Waals surface area contributed by atoms with Gasteiger partial charge in [0.05, 0.1) is 6.04 Å². The second-order valence-corrected chi connectivity index (χ2v) is 7.85. The van der Waals surface area contributed by atoms with Crippen LogP contribution in [0.3, 0.4) is 0 Å². The summed E-state index contributed by atoms with van der Waals surface area (Å²) in [6.45, 7) is 3.13. The van der Waals surface area contributed by atoms with Gasteiger partial charge >= 0.3 is 0 Å². The van der Waals surface area contributed by atoms with Gasteiger partial charge in [0.25, 0.3) is 0 Å². The molecule has 3 N–H and O–H groups in total. The highest BCUT2D eigenvalue weighted by atomic mass is 16.2. The van der Waals surface area contributed by atoms with E-state index in [1.807, 2.05) is 30.3 Å². The zero-order valence-electron chi connectivity index (χ0n) is 15.4. The molecule has 0 radical (unpaired) electrons. The Morgan fingerprint density at radius 2 is 1.68 bits per heavy atom. The molecule has 2 aliphatic rings. The van der Waals surface area contributed by atoms with Gasteiger partial charge in [0.1, 0.15) is 0 Å². The molecule has 1 atom stereocenters. The van der Waals surface area contributed by atoms with Crippen molar-refractivity contribution in [1.29, 1.82) is 0 Å². The molecule has 1 aliphatic heterocycles. The van der Waals surface area contributed by atoms with Crippen LogP contribution in [0, 0.1) is 0 Å². The van der Waals surface area contributed by atoms with E-state index in [9.17, 15) is 4.79 Å². The predicted octanol–water partition coefficient (Wildman–Crippen LogP) is 2.86. The second-order valence-electron chi connectivity index (χ2n) is 7.85. The third-order valence-corrected chi connectivity index (χ3v) is 6.04. The first-order valence-electron chi connectivity index (χ1n) is 10.0. The molecule has 138 valence electrons. The van der Waals surface area contributed by atoms with Gasteiger partial charge in [-0.2, -0.15) is 0 Å². The Morgan fingerprint density at radius 1 is 1.04 bits per heavy atom. The van der Waals surface area contributed by atoms with Crippen molar-refractivity contribution in [2.24, 2.45) is 5.73 Å². The molecule has 4 heteroatoms. The van der Waals surface area contributed by atoms with Crippen molar-refractivity contribution in [3.63, 3.8) is 0 Å². The van der Waals surface area contributed by atoms with Crippen LogP contribution in [0.4, 0.5) is 0 Å². The fourth-order valence-electron chi connectivity index (χ4n) is 4.53. The Labute approximate surface area is 152 Å². The molecule has 0 unspecified atom stereocenters. The predicted molar refractivity (Wildman–Crippen MR) is 102 cm³/mol. The molecule has 3 rings (SSSR count). The summed E-state index contributed by atoms with van der Waals surface area (Å²) in [7, 11) is 0. The van der Waals surface area contributed by atoms with Crippen LogP contribution < -0.4 is 11.1 Å². The van der Waals surface area contributed by atoms with Crippen LogP contribution in [0.1, 0.15) is 56.9 Å². The van der Waals surface area contributed by atoms with E-state index in [0.717, 1.165) is 12.1 Å². The summed E-state index contributed by atoms with van der Waals surface area (Å²) in [6, 6.07) is 9.57. The van der Waals surface area contributed by atoms with Gasteiger partial charge in [-0.05, 0) is 50.8 Å². The molecule has 1 aliphatic carbocycles. The average Bonchev–Trinajstić information content (AvgIpc) is 2.68. The van der Waals surface area contributed by atoms with Gasteiger partial charge < -0.3 is 11.1 Å². The number of hydrogen-bond acceptors (Lipinski definition) is 3. The summed E-state index contributed by atoms with van der Waals surface area (Å²) in [5.74, 6) is -0.00851. The van der Waals surface area contributed by atoms with Gasteiger partial charge in [-0.1, -0.05) is 56.0 Å².